The number of halogens is 3. The fourth-order valence-corrected chi connectivity index (χ4v) is 5.76. The molecule has 10 nitrogen and oxygen atoms in total. The molecule has 13 heteroatoms. The molecule has 0 bridgehead atoms. The fraction of sp³-hybridized carbons (Fsp3) is 0.0938. The SMILES string of the molecule is CCOc1cc(C=Nn2c(-c3cc4cc(Cl)ccc4o3)nc3ccccc3c2=O)c(Br)c(Br)c1OCc1cccc([N+](=O)[O-])c1. The van der Waals surface area contributed by atoms with E-state index in [9.17, 15) is 14.9 Å². The third-order valence-corrected chi connectivity index (χ3v) is 9.10. The van der Waals surface area contributed by atoms with Crippen molar-refractivity contribution in [2.75, 3.05) is 6.61 Å². The monoisotopic (exact) mass is 750 g/mol. The first-order valence-corrected chi connectivity index (χ1v) is 15.5. The standard InChI is InChI=1S/C32H21Br2ClN4O6/c1-2-43-26-15-20(28(33)29(34)30(26)44-17-18-6-5-7-22(12-18)39(41)42)16-36-38-31(37-24-9-4-3-8-23(24)32(38)40)27-14-19-13-21(35)10-11-25(19)45-27/h3-16H,2,17H2,1H3. The molecule has 4 aromatic carbocycles. The Morgan fingerprint density at radius 2 is 1.87 bits per heavy atom. The molecule has 0 unspecified atom stereocenters. The number of nitro groups is 1. The van der Waals surface area contributed by atoms with Gasteiger partial charge >= 0.3 is 0 Å². The molecule has 0 amide bonds. The molecule has 0 aliphatic carbocycles. The molecule has 0 saturated carbocycles. The van der Waals surface area contributed by atoms with Crippen LogP contribution in [0.3, 0.4) is 0 Å². The van der Waals surface area contributed by atoms with Gasteiger partial charge in [0.05, 0.1) is 33.1 Å². The molecule has 0 radical (unpaired) electrons. The first kappa shape index (κ1) is 30.5. The number of furan rings is 1. The molecule has 0 spiro atoms. The first-order chi connectivity index (χ1) is 21.7. The topological polar surface area (TPSA) is 122 Å². The van der Waals surface area contributed by atoms with Crippen molar-refractivity contribution in [2.45, 2.75) is 13.5 Å². The van der Waals surface area contributed by atoms with Gasteiger partial charge in [-0.15, -0.1) is 0 Å². The second kappa shape index (κ2) is 12.8. The van der Waals surface area contributed by atoms with Crippen LogP contribution in [0.15, 0.2) is 102 Å². The molecule has 226 valence electrons. The molecule has 2 heterocycles. The Morgan fingerprint density at radius 1 is 1.04 bits per heavy atom. The second-order valence-corrected chi connectivity index (χ2v) is 11.7. The number of hydrogen-bond donors (Lipinski definition) is 0. The van der Waals surface area contributed by atoms with Crippen LogP contribution in [-0.2, 0) is 6.61 Å². The van der Waals surface area contributed by atoms with E-state index in [0.717, 1.165) is 5.39 Å². The molecule has 0 atom stereocenters. The summed E-state index contributed by atoms with van der Waals surface area (Å²) < 4.78 is 20.3. The molecular formula is C32H21Br2ClN4O6. The van der Waals surface area contributed by atoms with Gasteiger partial charge in [-0.1, -0.05) is 35.9 Å². The van der Waals surface area contributed by atoms with E-state index < -0.39 is 4.92 Å². The van der Waals surface area contributed by atoms with E-state index in [2.05, 4.69) is 37.0 Å². The highest BCUT2D eigenvalue weighted by Gasteiger charge is 2.20. The Balaban J connectivity index is 1.41. The second-order valence-electron chi connectivity index (χ2n) is 9.68. The van der Waals surface area contributed by atoms with E-state index in [4.69, 9.17) is 30.5 Å². The van der Waals surface area contributed by atoms with Crippen LogP contribution in [0.5, 0.6) is 11.5 Å². The lowest BCUT2D eigenvalue weighted by Crippen LogP contribution is -2.20. The molecule has 0 N–H and O–H groups in total. The van der Waals surface area contributed by atoms with E-state index in [0.29, 0.717) is 65.4 Å². The van der Waals surface area contributed by atoms with Gasteiger partial charge in [0.15, 0.2) is 17.3 Å². The Bertz CT molecular complexity index is 2200. The van der Waals surface area contributed by atoms with Crippen LogP contribution in [0.1, 0.15) is 18.1 Å². The predicted molar refractivity (Wildman–Crippen MR) is 180 cm³/mol. The molecule has 2 aromatic heterocycles. The molecule has 0 aliphatic rings. The Labute approximate surface area is 277 Å². The molecule has 6 rings (SSSR count). The van der Waals surface area contributed by atoms with Crippen molar-refractivity contribution in [1.29, 1.82) is 0 Å². The number of fused-ring (bicyclic) bond motifs is 2. The number of non-ortho nitro benzene ring substituents is 1. The summed E-state index contributed by atoms with van der Waals surface area (Å²) in [6.07, 6.45) is 1.50. The first-order valence-electron chi connectivity index (χ1n) is 13.5. The molecule has 0 saturated heterocycles. The van der Waals surface area contributed by atoms with E-state index >= 15 is 0 Å². The average molecular weight is 753 g/mol. The summed E-state index contributed by atoms with van der Waals surface area (Å²) in [6, 6.07) is 21.9. The predicted octanol–water partition coefficient (Wildman–Crippen LogP) is 8.76. The van der Waals surface area contributed by atoms with Crippen molar-refractivity contribution in [3.8, 4) is 23.1 Å². The third-order valence-electron chi connectivity index (χ3n) is 6.73. The number of para-hydroxylation sites is 1. The van der Waals surface area contributed by atoms with Gasteiger partial charge in [0.25, 0.3) is 11.2 Å². The van der Waals surface area contributed by atoms with E-state index in [1.54, 1.807) is 66.7 Å². The fourth-order valence-electron chi connectivity index (χ4n) is 4.65. The van der Waals surface area contributed by atoms with Gasteiger partial charge in [-0.25, -0.2) is 4.98 Å². The average Bonchev–Trinajstić information content (AvgIpc) is 3.46. The quantitative estimate of drug-likeness (QED) is 0.0823. The Morgan fingerprint density at radius 3 is 2.67 bits per heavy atom. The molecule has 0 aliphatic heterocycles. The van der Waals surface area contributed by atoms with E-state index in [1.165, 1.54) is 23.0 Å². The molecule has 45 heavy (non-hydrogen) atoms. The molecular weight excluding hydrogens is 732 g/mol. The summed E-state index contributed by atoms with van der Waals surface area (Å²) >= 11 is 13.4. The van der Waals surface area contributed by atoms with Gasteiger partial charge in [-0.2, -0.15) is 9.78 Å². The van der Waals surface area contributed by atoms with Crippen LogP contribution in [0.25, 0.3) is 33.5 Å². The summed E-state index contributed by atoms with van der Waals surface area (Å²) in [7, 11) is 0. The van der Waals surface area contributed by atoms with Crippen LogP contribution in [0.2, 0.25) is 5.02 Å². The number of nitrogens with zero attached hydrogens (tertiary/aromatic N) is 4. The molecule has 6 aromatic rings. The summed E-state index contributed by atoms with van der Waals surface area (Å²) in [5.74, 6) is 1.34. The van der Waals surface area contributed by atoms with E-state index in [-0.39, 0.29) is 23.7 Å². The maximum Gasteiger partial charge on any atom is 0.282 e. The zero-order valence-electron chi connectivity index (χ0n) is 23.4. The summed E-state index contributed by atoms with van der Waals surface area (Å²) in [5, 5.41) is 17.4. The number of hydrogen-bond acceptors (Lipinski definition) is 8. The van der Waals surface area contributed by atoms with E-state index in [1.807, 2.05) is 6.92 Å². The largest absolute Gasteiger partial charge is 0.490 e. The van der Waals surface area contributed by atoms with Crippen molar-refractivity contribution < 1.29 is 18.8 Å². The summed E-state index contributed by atoms with van der Waals surface area (Å²) in [6.45, 7) is 2.23. The maximum absolute atomic E-state index is 13.7. The number of aromatic nitrogens is 2. The number of rotatable bonds is 9. The van der Waals surface area contributed by atoms with Crippen molar-refractivity contribution in [3.05, 3.63) is 124 Å². The van der Waals surface area contributed by atoms with Gasteiger partial charge in [0.2, 0.25) is 5.82 Å². The van der Waals surface area contributed by atoms with Gasteiger partial charge in [0, 0.05) is 32.6 Å². The van der Waals surface area contributed by atoms with Crippen molar-refractivity contribution in [3.63, 3.8) is 0 Å². The van der Waals surface area contributed by atoms with Crippen molar-refractivity contribution in [1.82, 2.24) is 9.66 Å². The van der Waals surface area contributed by atoms with Crippen LogP contribution in [0.4, 0.5) is 5.69 Å². The van der Waals surface area contributed by atoms with Crippen LogP contribution in [-0.4, -0.2) is 27.4 Å². The Kier molecular flexibility index (Phi) is 8.70. The lowest BCUT2D eigenvalue weighted by atomic mass is 10.2. The third kappa shape index (κ3) is 6.21. The number of nitro benzene ring substituents is 1. The summed E-state index contributed by atoms with van der Waals surface area (Å²) in [5.41, 5.74) is 1.84. The van der Waals surface area contributed by atoms with Crippen LogP contribution < -0.4 is 15.0 Å². The van der Waals surface area contributed by atoms with Gasteiger partial charge in [-0.05, 0) is 86.8 Å². The minimum Gasteiger partial charge on any atom is -0.490 e. The maximum atomic E-state index is 13.7. The van der Waals surface area contributed by atoms with Crippen LogP contribution in [0, 0.1) is 10.1 Å². The Hall–Kier alpha value is -4.52. The van der Waals surface area contributed by atoms with Crippen molar-refractivity contribution in [2.24, 2.45) is 5.10 Å². The lowest BCUT2D eigenvalue weighted by molar-refractivity contribution is -0.384. The highest BCUT2D eigenvalue weighted by Crippen LogP contribution is 2.43. The lowest BCUT2D eigenvalue weighted by Gasteiger charge is -2.16. The zero-order valence-corrected chi connectivity index (χ0v) is 27.3. The minimum atomic E-state index is -0.457. The minimum absolute atomic E-state index is 0.0304. The number of benzene rings is 4. The zero-order chi connectivity index (χ0) is 31.7. The normalized spacial score (nSPS) is 11.5. The smallest absolute Gasteiger partial charge is 0.282 e. The van der Waals surface area contributed by atoms with Gasteiger partial charge in [-0.3, -0.25) is 14.9 Å². The highest BCUT2D eigenvalue weighted by atomic mass is 79.9. The highest BCUT2D eigenvalue weighted by molar-refractivity contribution is 9.13. The molecule has 0 fully saturated rings. The van der Waals surface area contributed by atoms with Crippen LogP contribution >= 0.6 is 43.5 Å². The number of ether oxygens (including phenoxy) is 2. The summed E-state index contributed by atoms with van der Waals surface area (Å²) in [4.78, 5) is 29.2. The van der Waals surface area contributed by atoms with Gasteiger partial charge in [0.1, 0.15) is 12.2 Å². The van der Waals surface area contributed by atoms with Gasteiger partial charge < -0.3 is 13.9 Å². The van der Waals surface area contributed by atoms with Crippen molar-refractivity contribution >= 4 is 77.2 Å².